The van der Waals surface area contributed by atoms with Gasteiger partial charge in [0.05, 0.1) is 18.6 Å². The summed E-state index contributed by atoms with van der Waals surface area (Å²) in [5, 5.41) is 0.771. The molecule has 158 valence electrons. The number of aryl methyl sites for hydroxylation is 1. The number of halogens is 2. The predicted molar refractivity (Wildman–Crippen MR) is 116 cm³/mol. The first-order valence-electron chi connectivity index (χ1n) is 8.93. The van der Waals surface area contributed by atoms with Crippen LogP contribution < -0.4 is 4.74 Å². The lowest BCUT2D eigenvalue weighted by molar-refractivity contribution is -0.116. The Hall–Kier alpha value is -2.35. The van der Waals surface area contributed by atoms with Gasteiger partial charge in [-0.2, -0.15) is 0 Å². The van der Waals surface area contributed by atoms with Gasteiger partial charge in [0.15, 0.2) is 15.6 Å². The average molecular weight is 468 g/mol. The first-order valence-corrected chi connectivity index (χ1v) is 11.5. The molecule has 0 aliphatic carbocycles. The molecule has 30 heavy (non-hydrogen) atoms. The molecule has 0 N–H and O–H groups in total. The summed E-state index contributed by atoms with van der Waals surface area (Å²) in [5.41, 5.74) is 1.49. The lowest BCUT2D eigenvalue weighted by Crippen LogP contribution is -2.20. The van der Waals surface area contributed by atoms with Crippen molar-refractivity contribution in [1.29, 1.82) is 0 Å². The van der Waals surface area contributed by atoms with E-state index in [0.29, 0.717) is 32.7 Å². The molecule has 6 nitrogen and oxygen atoms in total. The molecule has 0 spiro atoms. The third-order valence-corrected chi connectivity index (χ3v) is 6.18. The Morgan fingerprint density at radius 3 is 2.50 bits per heavy atom. The van der Waals surface area contributed by atoms with E-state index in [1.54, 1.807) is 56.5 Å². The Labute approximate surface area is 184 Å². The smallest absolute Gasteiger partial charge is 0.226 e. The van der Waals surface area contributed by atoms with E-state index in [-0.39, 0.29) is 18.0 Å². The number of carbonyl (C=O) groups excluding carboxylic acids is 1. The zero-order valence-corrected chi connectivity index (χ0v) is 18.6. The Morgan fingerprint density at radius 2 is 1.83 bits per heavy atom. The van der Waals surface area contributed by atoms with Crippen LogP contribution in [-0.2, 0) is 26.8 Å². The fourth-order valence-electron chi connectivity index (χ4n) is 2.94. The number of aromatic nitrogens is 1. The minimum atomic E-state index is -3.74. The maximum absolute atomic E-state index is 12.6. The number of sulfone groups is 1. The zero-order valence-electron chi connectivity index (χ0n) is 16.3. The minimum Gasteiger partial charge on any atom is -0.497 e. The van der Waals surface area contributed by atoms with Crippen molar-refractivity contribution in [2.24, 2.45) is 0 Å². The highest BCUT2D eigenvalue weighted by Gasteiger charge is 2.22. The molecule has 0 unspecified atom stereocenters. The van der Waals surface area contributed by atoms with Gasteiger partial charge in [-0.3, -0.25) is 4.79 Å². The largest absolute Gasteiger partial charge is 0.497 e. The quantitative estimate of drug-likeness (QED) is 0.477. The predicted octanol–water partition coefficient (Wildman–Crippen LogP) is 4.69. The summed E-state index contributed by atoms with van der Waals surface area (Å²) in [5.74, 6) is -0.166. The first kappa shape index (κ1) is 22.3. The Morgan fingerprint density at radius 1 is 1.13 bits per heavy atom. The van der Waals surface area contributed by atoms with Crippen molar-refractivity contribution in [1.82, 2.24) is 4.98 Å². The van der Waals surface area contributed by atoms with Crippen LogP contribution in [0.2, 0.25) is 10.0 Å². The summed E-state index contributed by atoms with van der Waals surface area (Å²) in [6.07, 6.45) is -0.0770. The van der Waals surface area contributed by atoms with Gasteiger partial charge in [-0.25, -0.2) is 13.4 Å². The zero-order chi connectivity index (χ0) is 21.9. The molecule has 1 heterocycles. The lowest BCUT2D eigenvalue weighted by Gasteiger charge is -2.04. The third-order valence-electron chi connectivity index (χ3n) is 4.27. The molecule has 1 aromatic heterocycles. The Bertz CT molecular complexity index is 1170. The van der Waals surface area contributed by atoms with Crippen LogP contribution in [0.3, 0.4) is 0 Å². The fourth-order valence-corrected chi connectivity index (χ4v) is 4.89. The standard InChI is InChI=1S/C21H19Cl2NO5S/c1-13-20(24-21(29-13)15-4-3-5-19(9-15)28-2)12-30(26,27)11-18(25)8-14-6-16(22)10-17(23)7-14/h3-7,9-10H,8,11-12H2,1-2H3. The van der Waals surface area contributed by atoms with Crippen molar-refractivity contribution in [3.63, 3.8) is 0 Å². The highest BCUT2D eigenvalue weighted by atomic mass is 35.5. The molecule has 0 fully saturated rings. The molecule has 0 radical (unpaired) electrons. The average Bonchev–Trinajstić information content (AvgIpc) is 3.00. The van der Waals surface area contributed by atoms with Crippen LogP contribution in [0.25, 0.3) is 11.5 Å². The molecular formula is C21H19Cl2NO5S. The maximum atomic E-state index is 12.6. The minimum absolute atomic E-state index is 0.0770. The van der Waals surface area contributed by atoms with Crippen molar-refractivity contribution >= 4 is 38.8 Å². The molecule has 9 heteroatoms. The maximum Gasteiger partial charge on any atom is 0.226 e. The van der Waals surface area contributed by atoms with Gasteiger partial charge < -0.3 is 9.15 Å². The number of carbonyl (C=O) groups is 1. The number of ether oxygens (including phenoxy) is 1. The summed E-state index contributed by atoms with van der Waals surface area (Å²) in [4.78, 5) is 16.6. The molecule has 3 aromatic rings. The van der Waals surface area contributed by atoms with Gasteiger partial charge in [0.2, 0.25) is 5.89 Å². The monoisotopic (exact) mass is 467 g/mol. The summed E-state index contributed by atoms with van der Waals surface area (Å²) < 4.78 is 35.9. The van der Waals surface area contributed by atoms with Crippen molar-refractivity contribution in [2.75, 3.05) is 12.9 Å². The van der Waals surface area contributed by atoms with Gasteiger partial charge in [0.25, 0.3) is 0 Å². The van der Waals surface area contributed by atoms with Crippen molar-refractivity contribution in [3.8, 4) is 17.2 Å². The van der Waals surface area contributed by atoms with Crippen molar-refractivity contribution < 1.29 is 22.4 Å². The van der Waals surface area contributed by atoms with Gasteiger partial charge >= 0.3 is 0 Å². The van der Waals surface area contributed by atoms with Crippen LogP contribution in [0.5, 0.6) is 5.75 Å². The van der Waals surface area contributed by atoms with E-state index in [2.05, 4.69) is 4.98 Å². The number of hydrogen-bond donors (Lipinski definition) is 0. The number of nitrogens with zero attached hydrogens (tertiary/aromatic N) is 1. The molecule has 0 bridgehead atoms. The van der Waals surface area contributed by atoms with Gasteiger partial charge in [0, 0.05) is 22.0 Å². The Kier molecular flexibility index (Phi) is 6.85. The second kappa shape index (κ2) is 9.20. The van der Waals surface area contributed by atoms with Gasteiger partial charge in [-0.15, -0.1) is 0 Å². The highest BCUT2D eigenvalue weighted by molar-refractivity contribution is 7.91. The SMILES string of the molecule is COc1cccc(-c2nc(CS(=O)(=O)CC(=O)Cc3cc(Cl)cc(Cl)c3)c(C)o2)c1. The molecule has 0 saturated heterocycles. The fraction of sp³-hybridized carbons (Fsp3) is 0.238. The normalized spacial score (nSPS) is 11.5. The topological polar surface area (TPSA) is 86.5 Å². The molecule has 0 atom stereocenters. The first-order chi connectivity index (χ1) is 14.1. The number of rotatable bonds is 8. The van der Waals surface area contributed by atoms with Crippen LogP contribution in [0.4, 0.5) is 0 Å². The van der Waals surface area contributed by atoms with Gasteiger partial charge in [0.1, 0.15) is 17.3 Å². The molecular weight excluding hydrogens is 449 g/mol. The molecule has 3 rings (SSSR count). The number of Topliss-reactive ketones (excluding diaryl/α,β-unsaturated/α-hetero) is 1. The summed E-state index contributed by atoms with van der Waals surface area (Å²) >= 11 is 11.8. The van der Waals surface area contributed by atoms with E-state index in [4.69, 9.17) is 32.4 Å². The third kappa shape index (κ3) is 5.84. The molecule has 2 aromatic carbocycles. The van der Waals surface area contributed by atoms with E-state index >= 15 is 0 Å². The number of ketones is 1. The summed E-state index contributed by atoms with van der Waals surface area (Å²) in [6, 6.07) is 11.8. The summed E-state index contributed by atoms with van der Waals surface area (Å²) in [6.45, 7) is 1.64. The van der Waals surface area contributed by atoms with Crippen LogP contribution in [0.1, 0.15) is 17.0 Å². The summed E-state index contributed by atoms with van der Waals surface area (Å²) in [7, 11) is -2.19. The van der Waals surface area contributed by atoms with Crippen LogP contribution in [0.15, 0.2) is 46.9 Å². The highest BCUT2D eigenvalue weighted by Crippen LogP contribution is 2.26. The van der Waals surface area contributed by atoms with Gasteiger partial charge in [-0.1, -0.05) is 29.3 Å². The number of methoxy groups -OCH3 is 1. The Balaban J connectivity index is 1.72. The van der Waals surface area contributed by atoms with Crippen molar-refractivity contribution in [3.05, 3.63) is 69.5 Å². The van der Waals surface area contributed by atoms with E-state index in [1.807, 2.05) is 0 Å². The molecule has 0 amide bonds. The van der Waals surface area contributed by atoms with Crippen LogP contribution in [0, 0.1) is 6.92 Å². The number of benzene rings is 2. The molecule has 0 aliphatic heterocycles. The van der Waals surface area contributed by atoms with Crippen LogP contribution >= 0.6 is 23.2 Å². The lowest BCUT2D eigenvalue weighted by atomic mass is 10.1. The van der Waals surface area contributed by atoms with E-state index in [1.165, 1.54) is 0 Å². The second-order valence-corrected chi connectivity index (χ2v) is 9.72. The van der Waals surface area contributed by atoms with E-state index < -0.39 is 27.1 Å². The molecule has 0 aliphatic rings. The molecule has 0 saturated carbocycles. The van der Waals surface area contributed by atoms with E-state index in [9.17, 15) is 13.2 Å². The van der Waals surface area contributed by atoms with E-state index in [0.717, 1.165) is 0 Å². The van der Waals surface area contributed by atoms with Crippen LogP contribution in [-0.4, -0.2) is 32.0 Å². The van der Waals surface area contributed by atoms with Crippen molar-refractivity contribution in [2.45, 2.75) is 19.1 Å². The second-order valence-electron chi connectivity index (χ2n) is 6.78. The number of hydrogen-bond acceptors (Lipinski definition) is 6. The van der Waals surface area contributed by atoms with Gasteiger partial charge in [-0.05, 0) is 48.9 Å². The number of oxazole rings is 1.